The molecule has 1 saturated heterocycles. The number of nitrogens with two attached hydrogens (primary N) is 1. The van der Waals surface area contributed by atoms with Crippen LogP contribution in [0.25, 0.3) is 0 Å². The summed E-state index contributed by atoms with van der Waals surface area (Å²) < 4.78 is 0. The molecular formula is C9H13N3O4. The molecule has 3 N–H and O–H groups in total. The van der Waals surface area contributed by atoms with Crippen LogP contribution in [-0.4, -0.2) is 35.2 Å². The van der Waals surface area contributed by atoms with Gasteiger partial charge in [-0.05, 0) is 5.92 Å². The zero-order valence-corrected chi connectivity index (χ0v) is 9.02. The summed E-state index contributed by atoms with van der Waals surface area (Å²) in [6, 6.07) is -0.897. The Kier molecular flexibility index (Phi) is 3.26. The van der Waals surface area contributed by atoms with E-state index >= 15 is 0 Å². The van der Waals surface area contributed by atoms with E-state index in [1.54, 1.807) is 13.8 Å². The van der Waals surface area contributed by atoms with Crippen LogP contribution in [0.1, 0.15) is 13.8 Å². The average molecular weight is 227 g/mol. The second-order valence-electron chi connectivity index (χ2n) is 3.91. The molecule has 1 fully saturated rings. The monoisotopic (exact) mass is 227 g/mol. The van der Waals surface area contributed by atoms with Gasteiger partial charge >= 0.3 is 6.03 Å². The molecule has 1 atom stereocenters. The first kappa shape index (κ1) is 12.2. The first-order valence-electron chi connectivity index (χ1n) is 4.79. The Hall–Kier alpha value is -1.92. The number of urea groups is 1. The van der Waals surface area contributed by atoms with Gasteiger partial charge in [-0.2, -0.15) is 0 Å². The molecule has 0 aromatic carbocycles. The molecule has 88 valence electrons. The lowest BCUT2D eigenvalue weighted by molar-refractivity contribution is -0.146. The lowest BCUT2D eigenvalue weighted by atomic mass is 9.92. The van der Waals surface area contributed by atoms with Crippen molar-refractivity contribution in [1.82, 2.24) is 10.2 Å². The molecule has 1 aliphatic rings. The van der Waals surface area contributed by atoms with Crippen molar-refractivity contribution in [2.24, 2.45) is 17.6 Å². The van der Waals surface area contributed by atoms with Crippen molar-refractivity contribution in [2.75, 3.05) is 6.54 Å². The zero-order valence-electron chi connectivity index (χ0n) is 9.02. The summed E-state index contributed by atoms with van der Waals surface area (Å²) in [5.41, 5.74) is 4.91. The summed E-state index contributed by atoms with van der Waals surface area (Å²) >= 11 is 0. The first-order valence-corrected chi connectivity index (χ1v) is 4.79. The second kappa shape index (κ2) is 4.30. The number of carbonyl (C=O) groups is 4. The molecule has 5 amide bonds. The van der Waals surface area contributed by atoms with E-state index in [0.717, 1.165) is 0 Å². The SMILES string of the molecule is CC(C)C1C(=O)NC(=O)N(CC(N)=O)C1=O. The van der Waals surface area contributed by atoms with Crippen molar-refractivity contribution in [2.45, 2.75) is 13.8 Å². The van der Waals surface area contributed by atoms with Crippen molar-refractivity contribution < 1.29 is 19.2 Å². The number of hydrogen-bond acceptors (Lipinski definition) is 4. The van der Waals surface area contributed by atoms with E-state index in [9.17, 15) is 19.2 Å². The van der Waals surface area contributed by atoms with E-state index in [0.29, 0.717) is 4.90 Å². The highest BCUT2D eigenvalue weighted by molar-refractivity contribution is 6.17. The van der Waals surface area contributed by atoms with Gasteiger partial charge in [-0.15, -0.1) is 0 Å². The molecule has 0 saturated carbocycles. The summed E-state index contributed by atoms with van der Waals surface area (Å²) in [5, 5.41) is 2.02. The second-order valence-corrected chi connectivity index (χ2v) is 3.91. The van der Waals surface area contributed by atoms with Crippen molar-refractivity contribution in [3.63, 3.8) is 0 Å². The molecule has 1 rings (SSSR count). The van der Waals surface area contributed by atoms with Gasteiger partial charge in [-0.25, -0.2) is 4.79 Å². The molecule has 0 spiro atoms. The lowest BCUT2D eigenvalue weighted by Crippen LogP contribution is -2.60. The van der Waals surface area contributed by atoms with Gasteiger partial charge in [-0.1, -0.05) is 13.8 Å². The number of hydrogen-bond donors (Lipinski definition) is 2. The Balaban J connectivity index is 2.94. The Bertz CT molecular complexity index is 364. The van der Waals surface area contributed by atoms with E-state index < -0.39 is 36.2 Å². The molecule has 7 heteroatoms. The average Bonchev–Trinajstić information content (AvgIpc) is 2.10. The quantitative estimate of drug-likeness (QED) is 0.591. The van der Waals surface area contributed by atoms with Gasteiger partial charge in [0, 0.05) is 0 Å². The molecule has 0 radical (unpaired) electrons. The molecule has 1 unspecified atom stereocenters. The van der Waals surface area contributed by atoms with E-state index in [1.807, 2.05) is 5.32 Å². The van der Waals surface area contributed by atoms with Gasteiger partial charge in [0.15, 0.2) is 0 Å². The number of amides is 5. The van der Waals surface area contributed by atoms with E-state index in [2.05, 4.69) is 0 Å². The third-order valence-corrected chi connectivity index (χ3v) is 2.27. The molecule has 16 heavy (non-hydrogen) atoms. The molecule has 1 heterocycles. The van der Waals surface area contributed by atoms with Crippen molar-refractivity contribution >= 4 is 23.8 Å². The number of rotatable bonds is 3. The molecular weight excluding hydrogens is 214 g/mol. The summed E-state index contributed by atoms with van der Waals surface area (Å²) in [6.45, 7) is 2.85. The summed E-state index contributed by atoms with van der Waals surface area (Å²) in [7, 11) is 0. The maximum Gasteiger partial charge on any atom is 0.331 e. The van der Waals surface area contributed by atoms with E-state index in [1.165, 1.54) is 0 Å². The molecule has 0 aromatic rings. The van der Waals surface area contributed by atoms with Crippen LogP contribution in [0.15, 0.2) is 0 Å². The van der Waals surface area contributed by atoms with Crippen molar-refractivity contribution in [3.8, 4) is 0 Å². The van der Waals surface area contributed by atoms with Gasteiger partial charge in [-0.3, -0.25) is 24.6 Å². The number of imide groups is 2. The van der Waals surface area contributed by atoms with Gasteiger partial charge in [0.2, 0.25) is 17.7 Å². The largest absolute Gasteiger partial charge is 0.368 e. The highest BCUT2D eigenvalue weighted by Crippen LogP contribution is 2.18. The normalized spacial score (nSPS) is 21.3. The highest BCUT2D eigenvalue weighted by atomic mass is 16.2. The van der Waals surface area contributed by atoms with Gasteiger partial charge in [0.05, 0.1) is 0 Å². The van der Waals surface area contributed by atoms with E-state index in [4.69, 9.17) is 5.73 Å². The minimum atomic E-state index is -0.947. The zero-order chi connectivity index (χ0) is 12.5. The lowest BCUT2D eigenvalue weighted by Gasteiger charge is -2.30. The number of nitrogens with one attached hydrogen (secondary N) is 1. The third kappa shape index (κ3) is 2.18. The smallest absolute Gasteiger partial charge is 0.331 e. The van der Waals surface area contributed by atoms with Crippen LogP contribution < -0.4 is 11.1 Å². The maximum absolute atomic E-state index is 11.8. The Morgan fingerprint density at radius 1 is 1.44 bits per heavy atom. The Labute approximate surface area is 91.9 Å². The Morgan fingerprint density at radius 3 is 2.44 bits per heavy atom. The van der Waals surface area contributed by atoms with Crippen LogP contribution >= 0.6 is 0 Å². The minimum Gasteiger partial charge on any atom is -0.368 e. The molecule has 0 aliphatic carbocycles. The third-order valence-electron chi connectivity index (χ3n) is 2.27. The molecule has 0 aromatic heterocycles. The van der Waals surface area contributed by atoms with Crippen LogP contribution in [0.5, 0.6) is 0 Å². The van der Waals surface area contributed by atoms with Gasteiger partial charge in [0.25, 0.3) is 0 Å². The van der Waals surface area contributed by atoms with Crippen molar-refractivity contribution in [1.29, 1.82) is 0 Å². The number of primary amides is 1. The predicted octanol–water partition coefficient (Wildman–Crippen LogP) is -1.18. The summed E-state index contributed by atoms with van der Waals surface area (Å²) in [5.74, 6) is -3.32. The maximum atomic E-state index is 11.8. The topological polar surface area (TPSA) is 110 Å². The summed E-state index contributed by atoms with van der Waals surface area (Å²) in [4.78, 5) is 45.8. The highest BCUT2D eigenvalue weighted by Gasteiger charge is 2.42. The Morgan fingerprint density at radius 2 is 2.00 bits per heavy atom. The number of nitrogens with zero attached hydrogens (tertiary/aromatic N) is 1. The van der Waals surface area contributed by atoms with Crippen LogP contribution in [0.3, 0.4) is 0 Å². The molecule has 1 aliphatic heterocycles. The number of barbiturate groups is 1. The van der Waals surface area contributed by atoms with E-state index in [-0.39, 0.29) is 5.92 Å². The minimum absolute atomic E-state index is 0.254. The fraction of sp³-hybridized carbons (Fsp3) is 0.556. The first-order chi connectivity index (χ1) is 7.34. The fourth-order valence-electron chi connectivity index (χ4n) is 1.52. The van der Waals surface area contributed by atoms with Gasteiger partial charge in [0.1, 0.15) is 12.5 Å². The summed E-state index contributed by atoms with van der Waals surface area (Å²) in [6.07, 6.45) is 0. The van der Waals surface area contributed by atoms with Crippen molar-refractivity contribution in [3.05, 3.63) is 0 Å². The van der Waals surface area contributed by atoms with Crippen LogP contribution in [-0.2, 0) is 14.4 Å². The van der Waals surface area contributed by atoms with Crippen LogP contribution in [0.2, 0.25) is 0 Å². The van der Waals surface area contributed by atoms with Gasteiger partial charge < -0.3 is 5.73 Å². The standard InChI is InChI=1S/C9H13N3O4/c1-4(2)6-7(14)11-9(16)12(8(6)15)3-5(10)13/h4,6H,3H2,1-2H3,(H2,10,13)(H,11,14,16). The van der Waals surface area contributed by atoms with Crippen LogP contribution in [0, 0.1) is 11.8 Å². The fourth-order valence-corrected chi connectivity index (χ4v) is 1.52. The predicted molar refractivity (Wildman–Crippen MR) is 52.8 cm³/mol. The molecule has 0 bridgehead atoms. The molecule has 7 nitrogen and oxygen atoms in total. The van der Waals surface area contributed by atoms with Crippen LogP contribution in [0.4, 0.5) is 4.79 Å². The number of carbonyl (C=O) groups excluding carboxylic acids is 4.